The fourth-order valence-electron chi connectivity index (χ4n) is 2.91. The maximum atomic E-state index is 9.64. The van der Waals surface area contributed by atoms with Gasteiger partial charge in [-0.2, -0.15) is 5.26 Å². The van der Waals surface area contributed by atoms with Gasteiger partial charge in [-0.1, -0.05) is 6.42 Å². The Balaban J connectivity index is 1.84. The highest BCUT2D eigenvalue weighted by Crippen LogP contribution is 2.23. The Morgan fingerprint density at radius 3 is 2.95 bits per heavy atom. The van der Waals surface area contributed by atoms with Crippen molar-refractivity contribution in [3.05, 3.63) is 23.0 Å². The van der Waals surface area contributed by atoms with Crippen LogP contribution in [0, 0.1) is 24.2 Å². The lowest BCUT2D eigenvalue weighted by Crippen LogP contribution is -2.29. The van der Waals surface area contributed by atoms with Gasteiger partial charge in [0.2, 0.25) is 0 Å². The van der Waals surface area contributed by atoms with Crippen LogP contribution in [0.4, 0.5) is 0 Å². The molecule has 0 amide bonds. The Bertz CT molecular complexity index is 472. The number of nitrogens with zero attached hydrogens (tertiary/aromatic N) is 2. The molecule has 4 heteroatoms. The summed E-state index contributed by atoms with van der Waals surface area (Å²) < 4.78 is 1.93. The van der Waals surface area contributed by atoms with E-state index in [4.69, 9.17) is 5.26 Å². The highest BCUT2D eigenvalue weighted by atomic mass is 16.3. The minimum Gasteiger partial charge on any atom is -0.393 e. The summed E-state index contributed by atoms with van der Waals surface area (Å²) in [6.45, 7) is 3.80. The average Bonchev–Trinajstić information content (AvgIpc) is 2.67. The van der Waals surface area contributed by atoms with E-state index in [9.17, 15) is 5.11 Å². The molecule has 0 aromatic carbocycles. The van der Waals surface area contributed by atoms with Crippen molar-refractivity contribution < 1.29 is 5.11 Å². The lowest BCUT2D eigenvalue weighted by atomic mass is 9.87. The fraction of sp³-hybridized carbons (Fsp3) is 0.667. The van der Waals surface area contributed by atoms with Crippen molar-refractivity contribution in [1.82, 2.24) is 9.88 Å². The van der Waals surface area contributed by atoms with Gasteiger partial charge in [0, 0.05) is 19.3 Å². The number of aromatic nitrogens is 1. The summed E-state index contributed by atoms with van der Waals surface area (Å²) in [6.07, 6.45) is 4.12. The zero-order valence-corrected chi connectivity index (χ0v) is 11.8. The number of hydrogen-bond acceptors (Lipinski definition) is 3. The molecular weight excluding hydrogens is 238 g/mol. The lowest BCUT2D eigenvalue weighted by Gasteiger charge is -2.26. The van der Waals surface area contributed by atoms with Crippen LogP contribution in [0.25, 0.3) is 0 Å². The van der Waals surface area contributed by atoms with Gasteiger partial charge in [-0.15, -0.1) is 0 Å². The predicted molar refractivity (Wildman–Crippen MR) is 74.5 cm³/mol. The Labute approximate surface area is 115 Å². The number of nitrogens with one attached hydrogen (secondary N) is 1. The van der Waals surface area contributed by atoms with Crippen LogP contribution in [0.2, 0.25) is 0 Å². The third-order valence-corrected chi connectivity index (χ3v) is 4.26. The van der Waals surface area contributed by atoms with Gasteiger partial charge in [-0.05, 0) is 50.3 Å². The van der Waals surface area contributed by atoms with Crippen molar-refractivity contribution in [2.45, 2.75) is 45.3 Å². The zero-order valence-electron chi connectivity index (χ0n) is 11.8. The first kappa shape index (κ1) is 14.1. The average molecular weight is 261 g/mol. The van der Waals surface area contributed by atoms with Gasteiger partial charge in [-0.25, -0.2) is 0 Å². The van der Waals surface area contributed by atoms with Gasteiger partial charge in [-0.3, -0.25) is 0 Å². The van der Waals surface area contributed by atoms with Crippen LogP contribution in [0.3, 0.4) is 0 Å². The maximum Gasteiger partial charge on any atom is 0.120 e. The van der Waals surface area contributed by atoms with E-state index in [0.29, 0.717) is 11.6 Å². The highest BCUT2D eigenvalue weighted by Gasteiger charge is 2.19. The minimum absolute atomic E-state index is 0.107. The molecule has 1 fully saturated rings. The SMILES string of the molecule is Cc1c(CNCC2CCCC(O)C2)cc(C#N)n1C. The number of hydrogen-bond donors (Lipinski definition) is 2. The molecule has 0 aliphatic heterocycles. The maximum absolute atomic E-state index is 9.64. The minimum atomic E-state index is -0.107. The number of nitriles is 1. The predicted octanol–water partition coefficient (Wildman–Crippen LogP) is 1.85. The molecule has 1 saturated carbocycles. The standard InChI is InChI=1S/C15H23N3O/c1-11-13(7-14(8-16)18(11)2)10-17-9-12-4-3-5-15(19)6-12/h7,12,15,17,19H,3-6,9-10H2,1-2H3. The summed E-state index contributed by atoms with van der Waals surface area (Å²) >= 11 is 0. The van der Waals surface area contributed by atoms with E-state index in [2.05, 4.69) is 11.4 Å². The Hall–Kier alpha value is -1.31. The van der Waals surface area contributed by atoms with Crippen molar-refractivity contribution in [3.63, 3.8) is 0 Å². The second-order valence-electron chi connectivity index (χ2n) is 5.63. The van der Waals surface area contributed by atoms with Gasteiger partial charge < -0.3 is 15.0 Å². The zero-order chi connectivity index (χ0) is 13.8. The van der Waals surface area contributed by atoms with E-state index in [0.717, 1.165) is 38.0 Å². The van der Waals surface area contributed by atoms with Crippen LogP contribution >= 0.6 is 0 Å². The summed E-state index contributed by atoms with van der Waals surface area (Å²) in [5.41, 5.74) is 3.05. The van der Waals surface area contributed by atoms with Gasteiger partial charge in [0.25, 0.3) is 0 Å². The normalized spacial score (nSPS) is 23.3. The van der Waals surface area contributed by atoms with Crippen molar-refractivity contribution in [3.8, 4) is 6.07 Å². The molecule has 2 rings (SSSR count). The van der Waals surface area contributed by atoms with E-state index in [1.54, 1.807) is 0 Å². The van der Waals surface area contributed by atoms with Crippen LogP contribution in [0.15, 0.2) is 6.07 Å². The Kier molecular flexibility index (Phi) is 4.62. The number of aliphatic hydroxyl groups excluding tert-OH is 1. The summed E-state index contributed by atoms with van der Waals surface area (Å²) in [4.78, 5) is 0. The van der Waals surface area contributed by atoms with Gasteiger partial charge in [0.15, 0.2) is 0 Å². The van der Waals surface area contributed by atoms with Crippen molar-refractivity contribution >= 4 is 0 Å². The second-order valence-corrected chi connectivity index (χ2v) is 5.63. The molecule has 0 bridgehead atoms. The molecule has 104 valence electrons. The van der Waals surface area contributed by atoms with E-state index in [-0.39, 0.29) is 6.10 Å². The molecule has 4 nitrogen and oxygen atoms in total. The monoisotopic (exact) mass is 261 g/mol. The molecule has 1 aromatic heterocycles. The molecule has 0 spiro atoms. The van der Waals surface area contributed by atoms with Crippen molar-refractivity contribution in [2.75, 3.05) is 6.54 Å². The molecule has 0 saturated heterocycles. The van der Waals surface area contributed by atoms with Crippen LogP contribution in [-0.2, 0) is 13.6 Å². The molecular formula is C15H23N3O. The van der Waals surface area contributed by atoms with Crippen LogP contribution < -0.4 is 5.32 Å². The first-order valence-corrected chi connectivity index (χ1v) is 7.06. The van der Waals surface area contributed by atoms with E-state index >= 15 is 0 Å². The molecule has 1 aromatic rings. The lowest BCUT2D eigenvalue weighted by molar-refractivity contribution is 0.101. The first-order valence-electron chi connectivity index (χ1n) is 7.06. The summed E-state index contributed by atoms with van der Waals surface area (Å²) in [7, 11) is 1.93. The Morgan fingerprint density at radius 2 is 2.32 bits per heavy atom. The summed E-state index contributed by atoms with van der Waals surface area (Å²) in [6, 6.07) is 4.16. The first-order chi connectivity index (χ1) is 9.11. The van der Waals surface area contributed by atoms with Crippen LogP contribution in [0.5, 0.6) is 0 Å². The highest BCUT2D eigenvalue weighted by molar-refractivity contribution is 5.33. The molecule has 19 heavy (non-hydrogen) atoms. The van der Waals surface area contributed by atoms with Gasteiger partial charge >= 0.3 is 0 Å². The molecule has 1 aliphatic rings. The fourth-order valence-corrected chi connectivity index (χ4v) is 2.91. The van der Waals surface area contributed by atoms with E-state index in [1.165, 1.54) is 12.0 Å². The quantitative estimate of drug-likeness (QED) is 0.869. The summed E-state index contributed by atoms with van der Waals surface area (Å²) in [5, 5.41) is 22.1. The summed E-state index contributed by atoms with van der Waals surface area (Å²) in [5.74, 6) is 0.586. The smallest absolute Gasteiger partial charge is 0.120 e. The molecule has 2 unspecified atom stereocenters. The largest absolute Gasteiger partial charge is 0.393 e. The number of aliphatic hydroxyl groups is 1. The molecule has 2 N–H and O–H groups in total. The molecule has 0 radical (unpaired) electrons. The van der Waals surface area contributed by atoms with Crippen molar-refractivity contribution in [2.24, 2.45) is 13.0 Å². The number of rotatable bonds is 4. The third kappa shape index (κ3) is 3.37. The van der Waals surface area contributed by atoms with E-state index in [1.807, 2.05) is 24.6 Å². The van der Waals surface area contributed by atoms with E-state index < -0.39 is 0 Å². The molecule has 1 heterocycles. The van der Waals surface area contributed by atoms with Gasteiger partial charge in [0.05, 0.1) is 6.10 Å². The van der Waals surface area contributed by atoms with Crippen LogP contribution in [-0.4, -0.2) is 22.3 Å². The Morgan fingerprint density at radius 1 is 1.53 bits per heavy atom. The second kappa shape index (κ2) is 6.23. The third-order valence-electron chi connectivity index (χ3n) is 4.26. The molecule has 2 atom stereocenters. The topological polar surface area (TPSA) is 61.0 Å². The van der Waals surface area contributed by atoms with Crippen molar-refractivity contribution in [1.29, 1.82) is 5.26 Å². The van der Waals surface area contributed by atoms with Gasteiger partial charge in [0.1, 0.15) is 11.8 Å². The van der Waals surface area contributed by atoms with Crippen LogP contribution in [0.1, 0.15) is 42.6 Å². The molecule has 1 aliphatic carbocycles.